The molecule has 3 heterocycles. The summed E-state index contributed by atoms with van der Waals surface area (Å²) < 4.78 is 6.29. The van der Waals surface area contributed by atoms with Gasteiger partial charge in [0.25, 0.3) is 5.56 Å². The lowest BCUT2D eigenvalue weighted by molar-refractivity contribution is -0.142. The molecule has 0 spiro atoms. The van der Waals surface area contributed by atoms with E-state index in [1.54, 1.807) is 18.3 Å². The van der Waals surface area contributed by atoms with Crippen molar-refractivity contribution in [2.24, 2.45) is 0 Å². The summed E-state index contributed by atoms with van der Waals surface area (Å²) >= 11 is 12.1. The maximum absolute atomic E-state index is 12.9. The predicted molar refractivity (Wildman–Crippen MR) is 90.2 cm³/mol. The van der Waals surface area contributed by atoms with E-state index in [1.807, 2.05) is 0 Å². The van der Waals surface area contributed by atoms with Gasteiger partial charge in [-0.1, -0.05) is 29.3 Å². The zero-order chi connectivity index (χ0) is 17.3. The number of pyridine rings is 2. The minimum Gasteiger partial charge on any atom is -0.459 e. The van der Waals surface area contributed by atoms with Gasteiger partial charge in [-0.15, -0.1) is 0 Å². The van der Waals surface area contributed by atoms with Gasteiger partial charge in [0.05, 0.1) is 21.3 Å². The van der Waals surface area contributed by atoms with Gasteiger partial charge in [0.15, 0.2) is 5.65 Å². The van der Waals surface area contributed by atoms with Gasteiger partial charge < -0.3 is 4.74 Å². The molecule has 0 N–H and O–H groups in total. The smallest absolute Gasteiger partial charge is 0.303 e. The second-order valence-electron chi connectivity index (χ2n) is 4.96. The molecular formula is C16H11Cl2N3O3. The fourth-order valence-corrected chi connectivity index (χ4v) is 2.80. The van der Waals surface area contributed by atoms with Crippen LogP contribution in [0.1, 0.15) is 12.6 Å². The Bertz CT molecular complexity index is 987. The second kappa shape index (κ2) is 6.59. The molecule has 0 aliphatic rings. The van der Waals surface area contributed by atoms with Crippen molar-refractivity contribution in [1.29, 1.82) is 0 Å². The van der Waals surface area contributed by atoms with Crippen LogP contribution >= 0.6 is 23.2 Å². The van der Waals surface area contributed by atoms with Gasteiger partial charge in [0.1, 0.15) is 6.61 Å². The Morgan fingerprint density at radius 1 is 1.38 bits per heavy atom. The summed E-state index contributed by atoms with van der Waals surface area (Å²) in [5, 5.41) is 0.530. The maximum atomic E-state index is 12.9. The molecule has 0 bridgehead atoms. The minimum atomic E-state index is -0.476. The van der Waals surface area contributed by atoms with Crippen molar-refractivity contribution in [2.45, 2.75) is 13.5 Å². The van der Waals surface area contributed by atoms with Crippen molar-refractivity contribution < 1.29 is 9.53 Å². The third-order valence-electron chi connectivity index (χ3n) is 3.28. The Labute approximate surface area is 146 Å². The highest BCUT2D eigenvalue weighted by Gasteiger charge is 2.17. The summed E-state index contributed by atoms with van der Waals surface area (Å²) in [5.74, 6) is -0.476. The van der Waals surface area contributed by atoms with Gasteiger partial charge in [0.2, 0.25) is 0 Å². The number of halogens is 2. The average molecular weight is 364 g/mol. The summed E-state index contributed by atoms with van der Waals surface area (Å²) in [6.45, 7) is 1.13. The number of ether oxygens (including phenoxy) is 1. The van der Waals surface area contributed by atoms with Gasteiger partial charge in [-0.2, -0.15) is 0 Å². The zero-order valence-electron chi connectivity index (χ0n) is 12.5. The van der Waals surface area contributed by atoms with E-state index in [-0.39, 0.29) is 28.4 Å². The van der Waals surface area contributed by atoms with Crippen LogP contribution in [0.5, 0.6) is 0 Å². The van der Waals surface area contributed by atoms with Crippen molar-refractivity contribution >= 4 is 34.8 Å². The number of carbonyl (C=O) groups is 1. The fraction of sp³-hybridized carbons (Fsp3) is 0.125. The number of fused-ring (bicyclic) bond motifs is 1. The molecular weight excluding hydrogens is 353 g/mol. The highest BCUT2D eigenvalue weighted by molar-refractivity contribution is 6.36. The monoisotopic (exact) mass is 363 g/mol. The van der Waals surface area contributed by atoms with Crippen LogP contribution in [0.25, 0.3) is 16.8 Å². The minimum absolute atomic E-state index is 0.149. The molecule has 0 saturated carbocycles. The molecule has 122 valence electrons. The van der Waals surface area contributed by atoms with Crippen LogP contribution in [-0.4, -0.2) is 20.3 Å². The fourth-order valence-electron chi connectivity index (χ4n) is 2.29. The molecule has 0 saturated heterocycles. The maximum Gasteiger partial charge on any atom is 0.303 e. The Balaban J connectivity index is 2.33. The molecule has 3 rings (SSSR count). The molecule has 0 atom stereocenters. The summed E-state index contributed by atoms with van der Waals surface area (Å²) in [4.78, 5) is 32.5. The van der Waals surface area contributed by atoms with Crippen molar-refractivity contribution in [2.75, 3.05) is 0 Å². The third kappa shape index (κ3) is 3.11. The molecule has 0 aliphatic carbocycles. The molecule has 0 fully saturated rings. The van der Waals surface area contributed by atoms with Crippen LogP contribution in [0.2, 0.25) is 10.0 Å². The Kier molecular flexibility index (Phi) is 4.51. The number of nitrogens with zero attached hydrogens (tertiary/aromatic N) is 3. The molecule has 0 radical (unpaired) electrons. The molecule has 3 aromatic rings. The number of rotatable bonds is 3. The summed E-state index contributed by atoms with van der Waals surface area (Å²) in [6.07, 6.45) is 4.57. The Morgan fingerprint density at radius 3 is 2.83 bits per heavy atom. The molecule has 6 nitrogen and oxygen atoms in total. The van der Waals surface area contributed by atoms with Crippen molar-refractivity contribution in [3.63, 3.8) is 0 Å². The van der Waals surface area contributed by atoms with Crippen LogP contribution in [0.4, 0.5) is 0 Å². The van der Waals surface area contributed by atoms with Crippen molar-refractivity contribution in [3.8, 4) is 11.1 Å². The predicted octanol–water partition coefficient (Wildman–Crippen LogP) is 3.13. The van der Waals surface area contributed by atoms with E-state index in [1.165, 1.54) is 29.8 Å². The van der Waals surface area contributed by atoms with E-state index in [2.05, 4.69) is 9.97 Å². The average Bonchev–Trinajstić information content (AvgIpc) is 2.54. The topological polar surface area (TPSA) is 73.6 Å². The number of hydrogen-bond acceptors (Lipinski definition) is 5. The standard InChI is InChI=1S/C16H11Cl2N3O3/c1-9(22)24-8-13-14(10-3-2-4-19-6-10)16(23)21-7-11(17)5-12(18)15(21)20-13/h2-7H,8H2,1H3. The SMILES string of the molecule is CC(=O)OCc1nc2c(Cl)cc(Cl)cn2c(=O)c1-c1cccnc1. The first-order chi connectivity index (χ1) is 11.5. The third-order valence-corrected chi connectivity index (χ3v) is 3.77. The Hall–Kier alpha value is -2.44. The zero-order valence-corrected chi connectivity index (χ0v) is 14.0. The van der Waals surface area contributed by atoms with E-state index in [4.69, 9.17) is 27.9 Å². The first-order valence-electron chi connectivity index (χ1n) is 6.91. The molecule has 0 aromatic carbocycles. The highest BCUT2D eigenvalue weighted by Crippen LogP contribution is 2.24. The van der Waals surface area contributed by atoms with Crippen molar-refractivity contribution in [3.05, 3.63) is 62.9 Å². The lowest BCUT2D eigenvalue weighted by Crippen LogP contribution is -2.21. The van der Waals surface area contributed by atoms with Gasteiger partial charge in [0, 0.05) is 31.1 Å². The van der Waals surface area contributed by atoms with Gasteiger partial charge in [-0.05, 0) is 12.1 Å². The van der Waals surface area contributed by atoms with E-state index in [0.29, 0.717) is 16.3 Å². The number of carbonyl (C=O) groups excluding carboxylic acids is 1. The molecule has 0 unspecified atom stereocenters. The Morgan fingerprint density at radius 2 is 2.17 bits per heavy atom. The normalized spacial score (nSPS) is 10.8. The van der Waals surface area contributed by atoms with Crippen LogP contribution in [0.15, 0.2) is 41.6 Å². The van der Waals surface area contributed by atoms with Gasteiger partial charge >= 0.3 is 5.97 Å². The quantitative estimate of drug-likeness (QED) is 0.668. The van der Waals surface area contributed by atoms with E-state index >= 15 is 0 Å². The molecule has 3 aromatic heterocycles. The summed E-state index contributed by atoms with van der Waals surface area (Å²) in [6, 6.07) is 4.91. The lowest BCUT2D eigenvalue weighted by atomic mass is 10.1. The molecule has 24 heavy (non-hydrogen) atoms. The van der Waals surface area contributed by atoms with Crippen LogP contribution in [0.3, 0.4) is 0 Å². The number of aromatic nitrogens is 3. The first kappa shape index (κ1) is 16.4. The number of esters is 1. The molecule has 8 heteroatoms. The van der Waals surface area contributed by atoms with Crippen LogP contribution < -0.4 is 5.56 Å². The number of hydrogen-bond donors (Lipinski definition) is 0. The van der Waals surface area contributed by atoms with E-state index < -0.39 is 5.97 Å². The lowest BCUT2D eigenvalue weighted by Gasteiger charge is -2.12. The van der Waals surface area contributed by atoms with E-state index in [9.17, 15) is 9.59 Å². The van der Waals surface area contributed by atoms with E-state index in [0.717, 1.165) is 0 Å². The second-order valence-corrected chi connectivity index (χ2v) is 5.80. The molecule has 0 aliphatic heterocycles. The van der Waals surface area contributed by atoms with Crippen LogP contribution in [0, 0.1) is 0 Å². The highest BCUT2D eigenvalue weighted by atomic mass is 35.5. The summed E-state index contributed by atoms with van der Waals surface area (Å²) in [7, 11) is 0. The van der Waals surface area contributed by atoms with Gasteiger partial charge in [-0.3, -0.25) is 19.0 Å². The largest absolute Gasteiger partial charge is 0.459 e. The summed E-state index contributed by atoms with van der Waals surface area (Å²) in [5.41, 5.74) is 0.996. The first-order valence-corrected chi connectivity index (χ1v) is 7.67. The van der Waals surface area contributed by atoms with Crippen LogP contribution in [-0.2, 0) is 16.1 Å². The molecule has 0 amide bonds. The van der Waals surface area contributed by atoms with Crippen molar-refractivity contribution in [1.82, 2.24) is 14.4 Å². The van der Waals surface area contributed by atoms with Gasteiger partial charge in [-0.25, -0.2) is 4.98 Å².